The lowest BCUT2D eigenvalue weighted by Gasteiger charge is -2.15. The molecule has 0 aliphatic carbocycles. The summed E-state index contributed by atoms with van der Waals surface area (Å²) in [6, 6.07) is 15.4. The van der Waals surface area contributed by atoms with Crippen molar-refractivity contribution in [1.82, 2.24) is 10.6 Å². The van der Waals surface area contributed by atoms with Crippen LogP contribution in [0.15, 0.2) is 42.5 Å². The summed E-state index contributed by atoms with van der Waals surface area (Å²) in [6.07, 6.45) is 0.506. The average molecular weight is 346 g/mol. The standard InChI is InChI=1S/C20H18N4O2/c1-13(24-19(25)16-5-3-4-15(10-16)11-21)8-14-6-7-18(20(26)23-2)17(9-14)12-22/h3-7,9-10,13H,8H2,1-2H3,(H,23,26)(H,24,25). The SMILES string of the molecule is CNC(=O)c1ccc(CC(C)NC(=O)c2cccc(C#N)c2)cc1C#N. The maximum Gasteiger partial charge on any atom is 0.252 e. The Labute approximate surface area is 152 Å². The van der Waals surface area contributed by atoms with Gasteiger partial charge in [-0.05, 0) is 49.2 Å². The summed E-state index contributed by atoms with van der Waals surface area (Å²) in [5.41, 5.74) is 2.30. The Morgan fingerprint density at radius 1 is 1.08 bits per heavy atom. The van der Waals surface area contributed by atoms with Crippen LogP contribution in [0.4, 0.5) is 0 Å². The summed E-state index contributed by atoms with van der Waals surface area (Å²) in [4.78, 5) is 24.0. The van der Waals surface area contributed by atoms with Crippen LogP contribution in [0.25, 0.3) is 0 Å². The summed E-state index contributed by atoms with van der Waals surface area (Å²) in [5, 5.41) is 23.5. The van der Waals surface area contributed by atoms with Gasteiger partial charge in [0.05, 0.1) is 28.8 Å². The number of amides is 2. The first kappa shape index (κ1) is 18.7. The minimum Gasteiger partial charge on any atom is -0.355 e. The third kappa shape index (κ3) is 4.46. The third-order valence-corrected chi connectivity index (χ3v) is 3.85. The van der Waals surface area contributed by atoms with E-state index in [1.165, 1.54) is 13.1 Å². The van der Waals surface area contributed by atoms with Crippen molar-refractivity contribution >= 4 is 11.8 Å². The molecule has 0 fully saturated rings. The molecule has 0 aliphatic heterocycles. The second-order valence-electron chi connectivity index (χ2n) is 5.84. The van der Waals surface area contributed by atoms with Crippen LogP contribution in [0, 0.1) is 22.7 Å². The minimum absolute atomic E-state index is 0.189. The van der Waals surface area contributed by atoms with E-state index in [2.05, 4.69) is 10.6 Å². The fourth-order valence-corrected chi connectivity index (χ4v) is 2.59. The zero-order chi connectivity index (χ0) is 19.1. The van der Waals surface area contributed by atoms with Crippen LogP contribution in [0.1, 0.15) is 44.3 Å². The molecule has 1 unspecified atom stereocenters. The molecule has 0 bridgehead atoms. The van der Waals surface area contributed by atoms with Crippen LogP contribution in [-0.4, -0.2) is 24.9 Å². The molecule has 2 N–H and O–H groups in total. The Morgan fingerprint density at radius 2 is 1.85 bits per heavy atom. The van der Waals surface area contributed by atoms with Gasteiger partial charge >= 0.3 is 0 Å². The number of carbonyl (C=O) groups is 2. The molecule has 130 valence electrons. The largest absolute Gasteiger partial charge is 0.355 e. The van der Waals surface area contributed by atoms with Gasteiger partial charge in [0.2, 0.25) is 0 Å². The molecule has 0 aliphatic rings. The number of benzene rings is 2. The molecule has 2 amide bonds. The fourth-order valence-electron chi connectivity index (χ4n) is 2.59. The molecule has 6 heteroatoms. The van der Waals surface area contributed by atoms with Crippen molar-refractivity contribution in [3.8, 4) is 12.1 Å². The predicted octanol–water partition coefficient (Wildman–Crippen LogP) is 2.15. The molecule has 2 aromatic carbocycles. The Bertz CT molecular complexity index is 922. The van der Waals surface area contributed by atoms with Gasteiger partial charge in [-0.25, -0.2) is 0 Å². The van der Waals surface area contributed by atoms with Crippen LogP contribution >= 0.6 is 0 Å². The predicted molar refractivity (Wildman–Crippen MR) is 96.3 cm³/mol. The molecule has 0 saturated carbocycles. The van der Waals surface area contributed by atoms with Crippen molar-refractivity contribution in [2.45, 2.75) is 19.4 Å². The summed E-state index contributed by atoms with van der Waals surface area (Å²) < 4.78 is 0. The Kier molecular flexibility index (Phi) is 6.08. The van der Waals surface area contributed by atoms with Crippen LogP contribution < -0.4 is 10.6 Å². The van der Waals surface area contributed by atoms with Crippen molar-refractivity contribution in [3.63, 3.8) is 0 Å². The second-order valence-corrected chi connectivity index (χ2v) is 5.84. The first-order chi connectivity index (χ1) is 12.5. The van der Waals surface area contributed by atoms with Gasteiger partial charge in [-0.2, -0.15) is 10.5 Å². The van der Waals surface area contributed by atoms with Gasteiger partial charge < -0.3 is 10.6 Å². The number of hydrogen-bond acceptors (Lipinski definition) is 4. The lowest BCUT2D eigenvalue weighted by molar-refractivity contribution is 0.0937. The van der Waals surface area contributed by atoms with E-state index in [9.17, 15) is 14.9 Å². The van der Waals surface area contributed by atoms with E-state index < -0.39 is 0 Å². The van der Waals surface area contributed by atoms with Crippen molar-refractivity contribution in [2.24, 2.45) is 0 Å². The van der Waals surface area contributed by atoms with Crippen LogP contribution in [-0.2, 0) is 6.42 Å². The first-order valence-electron chi connectivity index (χ1n) is 8.04. The van der Waals surface area contributed by atoms with Crippen LogP contribution in [0.3, 0.4) is 0 Å². The van der Waals surface area contributed by atoms with Gasteiger partial charge in [0.15, 0.2) is 0 Å². The molecule has 0 spiro atoms. The number of nitrogens with zero attached hydrogens (tertiary/aromatic N) is 2. The molecule has 26 heavy (non-hydrogen) atoms. The molecule has 6 nitrogen and oxygen atoms in total. The van der Waals surface area contributed by atoms with E-state index >= 15 is 0 Å². The Balaban J connectivity index is 2.09. The highest BCUT2D eigenvalue weighted by Gasteiger charge is 2.14. The number of nitriles is 2. The normalized spacial score (nSPS) is 10.9. The van der Waals surface area contributed by atoms with Gasteiger partial charge in [0.1, 0.15) is 0 Å². The van der Waals surface area contributed by atoms with Crippen LogP contribution in [0.5, 0.6) is 0 Å². The second kappa shape index (κ2) is 8.46. The summed E-state index contributed by atoms with van der Waals surface area (Å²) in [6.45, 7) is 1.85. The topological polar surface area (TPSA) is 106 Å². The molecule has 0 radical (unpaired) electrons. The van der Waals surface area contributed by atoms with Crippen molar-refractivity contribution < 1.29 is 9.59 Å². The molecule has 0 heterocycles. The number of rotatable bonds is 5. The third-order valence-electron chi connectivity index (χ3n) is 3.85. The quantitative estimate of drug-likeness (QED) is 0.865. The maximum absolute atomic E-state index is 12.3. The van der Waals surface area contributed by atoms with Crippen molar-refractivity contribution in [2.75, 3.05) is 7.05 Å². The van der Waals surface area contributed by atoms with Gasteiger partial charge in [-0.3, -0.25) is 9.59 Å². The zero-order valence-electron chi connectivity index (χ0n) is 14.5. The number of carbonyl (C=O) groups excluding carboxylic acids is 2. The molecular formula is C20H18N4O2. The van der Waals surface area contributed by atoms with E-state index in [1.54, 1.807) is 36.4 Å². The fraction of sp³-hybridized carbons (Fsp3) is 0.200. The van der Waals surface area contributed by atoms with Crippen molar-refractivity contribution in [1.29, 1.82) is 10.5 Å². The van der Waals surface area contributed by atoms with E-state index in [4.69, 9.17) is 5.26 Å². The molecule has 2 aromatic rings. The maximum atomic E-state index is 12.3. The highest BCUT2D eigenvalue weighted by molar-refractivity contribution is 5.96. The highest BCUT2D eigenvalue weighted by Crippen LogP contribution is 2.13. The highest BCUT2D eigenvalue weighted by atomic mass is 16.2. The van der Waals surface area contributed by atoms with Crippen molar-refractivity contribution in [3.05, 3.63) is 70.3 Å². The van der Waals surface area contributed by atoms with Gasteiger partial charge in [0, 0.05) is 18.7 Å². The van der Waals surface area contributed by atoms with E-state index in [1.807, 2.05) is 19.1 Å². The molecule has 0 saturated heterocycles. The van der Waals surface area contributed by atoms with Gasteiger partial charge in [0.25, 0.3) is 11.8 Å². The average Bonchev–Trinajstić information content (AvgIpc) is 2.67. The lowest BCUT2D eigenvalue weighted by atomic mass is 10.00. The van der Waals surface area contributed by atoms with E-state index in [0.29, 0.717) is 28.7 Å². The Morgan fingerprint density at radius 3 is 2.50 bits per heavy atom. The molecule has 0 aromatic heterocycles. The monoisotopic (exact) mass is 346 g/mol. The molecule has 2 rings (SSSR count). The smallest absolute Gasteiger partial charge is 0.252 e. The summed E-state index contributed by atoms with van der Waals surface area (Å²) in [5.74, 6) is -0.580. The van der Waals surface area contributed by atoms with Gasteiger partial charge in [-0.1, -0.05) is 12.1 Å². The summed E-state index contributed by atoms with van der Waals surface area (Å²) in [7, 11) is 1.51. The zero-order valence-corrected chi connectivity index (χ0v) is 14.5. The first-order valence-corrected chi connectivity index (χ1v) is 8.04. The lowest BCUT2D eigenvalue weighted by Crippen LogP contribution is -2.34. The number of nitrogens with one attached hydrogen (secondary N) is 2. The van der Waals surface area contributed by atoms with E-state index in [-0.39, 0.29) is 17.9 Å². The Hall–Kier alpha value is -3.64. The van der Waals surface area contributed by atoms with E-state index in [0.717, 1.165) is 5.56 Å². The summed E-state index contributed by atoms with van der Waals surface area (Å²) >= 11 is 0. The van der Waals surface area contributed by atoms with Gasteiger partial charge in [-0.15, -0.1) is 0 Å². The molecular weight excluding hydrogens is 328 g/mol. The molecule has 1 atom stereocenters. The van der Waals surface area contributed by atoms with Crippen LogP contribution in [0.2, 0.25) is 0 Å². The number of hydrogen-bond donors (Lipinski definition) is 2. The minimum atomic E-state index is -0.313.